The minimum absolute atomic E-state index is 0.167. The lowest BCUT2D eigenvalue weighted by atomic mass is 10.3. The molecule has 0 unspecified atom stereocenters. The Morgan fingerprint density at radius 2 is 2.00 bits per heavy atom. The third-order valence-corrected chi connectivity index (χ3v) is 2.99. The summed E-state index contributed by atoms with van der Waals surface area (Å²) in [6.45, 7) is 0. The predicted molar refractivity (Wildman–Crippen MR) is 73.1 cm³/mol. The molecule has 0 radical (unpaired) electrons. The van der Waals surface area contributed by atoms with E-state index in [4.69, 9.17) is 23.2 Å². The van der Waals surface area contributed by atoms with E-state index >= 15 is 0 Å². The minimum Gasteiger partial charge on any atom is -0.464 e. The molecule has 0 fully saturated rings. The minimum atomic E-state index is -0.528. The number of hydrogen-bond donors (Lipinski definition) is 1. The fourth-order valence-electron chi connectivity index (χ4n) is 1.36. The van der Waals surface area contributed by atoms with Crippen molar-refractivity contribution in [2.45, 2.75) is 0 Å². The Morgan fingerprint density at radius 3 is 2.68 bits per heavy atom. The summed E-state index contributed by atoms with van der Waals surface area (Å²) in [5.41, 5.74) is 0.865. The maximum Gasteiger partial charge on any atom is 0.356 e. The van der Waals surface area contributed by atoms with Crippen LogP contribution in [0.3, 0.4) is 0 Å². The molecule has 0 aliphatic carbocycles. The van der Waals surface area contributed by atoms with Gasteiger partial charge in [-0.1, -0.05) is 23.2 Å². The van der Waals surface area contributed by atoms with Crippen LogP contribution in [-0.2, 0) is 4.74 Å². The summed E-state index contributed by atoms with van der Waals surface area (Å²) in [4.78, 5) is 19.1. The van der Waals surface area contributed by atoms with Crippen molar-refractivity contribution in [2.75, 3.05) is 12.4 Å². The zero-order valence-corrected chi connectivity index (χ0v) is 11.4. The summed E-state index contributed by atoms with van der Waals surface area (Å²) in [6.07, 6.45) is 1.27. The molecule has 1 heterocycles. The van der Waals surface area contributed by atoms with Gasteiger partial charge in [0.05, 0.1) is 17.2 Å². The van der Waals surface area contributed by atoms with Gasteiger partial charge in [0.1, 0.15) is 12.1 Å². The SMILES string of the molecule is COC(=O)c1cc(Nc2ccc(Cl)c(Cl)c2)ncn1. The number of methoxy groups -OCH3 is 1. The quantitative estimate of drug-likeness (QED) is 0.881. The molecule has 0 amide bonds. The molecule has 7 heteroatoms. The van der Waals surface area contributed by atoms with Gasteiger partial charge in [-0.15, -0.1) is 0 Å². The highest BCUT2D eigenvalue weighted by atomic mass is 35.5. The lowest BCUT2D eigenvalue weighted by molar-refractivity contribution is 0.0594. The van der Waals surface area contributed by atoms with Crippen LogP contribution in [0.1, 0.15) is 10.5 Å². The zero-order chi connectivity index (χ0) is 13.8. The number of rotatable bonds is 3. The number of carbonyl (C=O) groups is 1. The number of nitrogens with zero attached hydrogens (tertiary/aromatic N) is 2. The first-order valence-electron chi connectivity index (χ1n) is 5.22. The van der Waals surface area contributed by atoms with Crippen molar-refractivity contribution in [3.63, 3.8) is 0 Å². The van der Waals surface area contributed by atoms with Crippen LogP contribution in [0.15, 0.2) is 30.6 Å². The third kappa shape index (κ3) is 3.33. The van der Waals surface area contributed by atoms with Gasteiger partial charge >= 0.3 is 5.97 Å². The van der Waals surface area contributed by atoms with Gasteiger partial charge in [-0.2, -0.15) is 0 Å². The first kappa shape index (κ1) is 13.6. The second-order valence-electron chi connectivity index (χ2n) is 3.53. The summed E-state index contributed by atoms with van der Waals surface area (Å²) in [5.74, 6) is -0.0756. The number of aromatic nitrogens is 2. The smallest absolute Gasteiger partial charge is 0.356 e. The molecule has 5 nitrogen and oxygen atoms in total. The summed E-state index contributed by atoms with van der Waals surface area (Å²) < 4.78 is 4.58. The average Bonchev–Trinajstić information content (AvgIpc) is 2.42. The maximum absolute atomic E-state index is 11.3. The summed E-state index contributed by atoms with van der Waals surface area (Å²) in [7, 11) is 1.29. The molecule has 0 bridgehead atoms. The van der Waals surface area contributed by atoms with Crippen LogP contribution in [0.2, 0.25) is 10.0 Å². The van der Waals surface area contributed by atoms with Gasteiger partial charge in [0.15, 0.2) is 5.69 Å². The third-order valence-electron chi connectivity index (χ3n) is 2.25. The lowest BCUT2D eigenvalue weighted by Crippen LogP contribution is -2.05. The van der Waals surface area contributed by atoms with Gasteiger partial charge in [-0.05, 0) is 18.2 Å². The lowest BCUT2D eigenvalue weighted by Gasteiger charge is -2.07. The second-order valence-corrected chi connectivity index (χ2v) is 4.35. The molecule has 2 rings (SSSR count). The van der Waals surface area contributed by atoms with Crippen LogP contribution in [0.4, 0.5) is 11.5 Å². The Hall–Kier alpha value is -1.85. The van der Waals surface area contributed by atoms with Crippen LogP contribution >= 0.6 is 23.2 Å². The normalized spacial score (nSPS) is 10.1. The molecule has 1 aromatic carbocycles. The molecule has 0 saturated carbocycles. The summed E-state index contributed by atoms with van der Waals surface area (Å²) >= 11 is 11.7. The van der Waals surface area contributed by atoms with Crippen LogP contribution < -0.4 is 5.32 Å². The zero-order valence-electron chi connectivity index (χ0n) is 9.85. The van der Waals surface area contributed by atoms with Gasteiger partial charge in [0.2, 0.25) is 0 Å². The monoisotopic (exact) mass is 297 g/mol. The first-order chi connectivity index (χ1) is 9.10. The number of benzene rings is 1. The second kappa shape index (κ2) is 5.86. The highest BCUT2D eigenvalue weighted by Crippen LogP contribution is 2.26. The van der Waals surface area contributed by atoms with Gasteiger partial charge < -0.3 is 10.1 Å². The van der Waals surface area contributed by atoms with E-state index in [9.17, 15) is 4.79 Å². The molecule has 0 aliphatic rings. The highest BCUT2D eigenvalue weighted by molar-refractivity contribution is 6.42. The molecule has 1 aromatic heterocycles. The van der Waals surface area contributed by atoms with Gasteiger partial charge in [0, 0.05) is 11.8 Å². The number of hydrogen-bond acceptors (Lipinski definition) is 5. The van der Waals surface area contributed by atoms with E-state index in [0.717, 1.165) is 0 Å². The van der Waals surface area contributed by atoms with E-state index in [1.807, 2.05) is 0 Å². The van der Waals surface area contributed by atoms with Gasteiger partial charge in [-0.25, -0.2) is 14.8 Å². The summed E-state index contributed by atoms with van der Waals surface area (Å²) in [5, 5.41) is 3.88. The van der Waals surface area contributed by atoms with Crippen molar-refractivity contribution < 1.29 is 9.53 Å². The molecule has 0 aliphatic heterocycles. The van der Waals surface area contributed by atoms with Crippen molar-refractivity contribution in [1.82, 2.24) is 9.97 Å². The van der Waals surface area contributed by atoms with Crippen LogP contribution in [0, 0.1) is 0 Å². The molecule has 19 heavy (non-hydrogen) atoms. The molecule has 98 valence electrons. The number of halogens is 2. The number of carbonyl (C=O) groups excluding carboxylic acids is 1. The highest BCUT2D eigenvalue weighted by Gasteiger charge is 2.08. The number of ether oxygens (including phenoxy) is 1. The molecule has 0 saturated heterocycles. The van der Waals surface area contributed by atoms with E-state index in [0.29, 0.717) is 21.6 Å². The van der Waals surface area contributed by atoms with Crippen LogP contribution in [0.5, 0.6) is 0 Å². The van der Waals surface area contributed by atoms with E-state index in [-0.39, 0.29) is 5.69 Å². The number of nitrogens with one attached hydrogen (secondary N) is 1. The van der Waals surface area contributed by atoms with Crippen molar-refractivity contribution in [2.24, 2.45) is 0 Å². The molecule has 1 N–H and O–H groups in total. The van der Waals surface area contributed by atoms with Crippen molar-refractivity contribution >= 4 is 40.7 Å². The maximum atomic E-state index is 11.3. The topological polar surface area (TPSA) is 64.1 Å². The van der Waals surface area contributed by atoms with E-state index in [2.05, 4.69) is 20.0 Å². The van der Waals surface area contributed by atoms with Crippen molar-refractivity contribution in [1.29, 1.82) is 0 Å². The largest absolute Gasteiger partial charge is 0.464 e. The van der Waals surface area contributed by atoms with E-state index < -0.39 is 5.97 Å². The fraction of sp³-hybridized carbons (Fsp3) is 0.0833. The number of esters is 1. The Morgan fingerprint density at radius 1 is 1.21 bits per heavy atom. The van der Waals surface area contributed by atoms with E-state index in [1.165, 1.54) is 19.5 Å². The Kier molecular flexibility index (Phi) is 4.19. The average molecular weight is 298 g/mol. The molecule has 0 atom stereocenters. The Balaban J connectivity index is 2.23. The Bertz CT molecular complexity index is 620. The first-order valence-corrected chi connectivity index (χ1v) is 5.98. The van der Waals surface area contributed by atoms with Crippen molar-refractivity contribution in [3.05, 3.63) is 46.3 Å². The summed E-state index contributed by atoms with van der Waals surface area (Å²) in [6, 6.07) is 6.54. The predicted octanol–water partition coefficient (Wildman–Crippen LogP) is 3.31. The van der Waals surface area contributed by atoms with Crippen LogP contribution in [-0.4, -0.2) is 23.0 Å². The Labute approximate surface area is 119 Å². The fourth-order valence-corrected chi connectivity index (χ4v) is 1.66. The van der Waals surface area contributed by atoms with Crippen molar-refractivity contribution in [3.8, 4) is 0 Å². The molecule has 2 aromatic rings. The molecular formula is C12H9Cl2N3O2. The van der Waals surface area contributed by atoms with Crippen LogP contribution in [0.25, 0.3) is 0 Å². The van der Waals surface area contributed by atoms with E-state index in [1.54, 1.807) is 18.2 Å². The van der Waals surface area contributed by atoms with Gasteiger partial charge in [0.25, 0.3) is 0 Å². The van der Waals surface area contributed by atoms with Gasteiger partial charge in [-0.3, -0.25) is 0 Å². The molecule has 0 spiro atoms. The number of anilines is 2. The standard InChI is InChI=1S/C12H9Cl2N3O2/c1-19-12(18)10-5-11(16-6-15-10)17-7-2-3-8(13)9(14)4-7/h2-6H,1H3,(H,15,16,17). The molecular weight excluding hydrogens is 289 g/mol.